The number of amides is 2. The third kappa shape index (κ3) is 6.94. The molecule has 2 aliphatic heterocycles. The number of ether oxygens (including phenoxy) is 1. The van der Waals surface area contributed by atoms with E-state index in [4.69, 9.17) is 9.72 Å². The number of hydrazine groups is 1. The monoisotopic (exact) mass is 633 g/mol. The van der Waals surface area contributed by atoms with Gasteiger partial charge in [-0.3, -0.25) is 19.5 Å². The minimum Gasteiger partial charge on any atom is -0.495 e. The molecule has 1 unspecified atom stereocenters. The summed E-state index contributed by atoms with van der Waals surface area (Å²) in [5, 5.41) is 10.5. The fraction of sp³-hybridized carbons (Fsp3) is 0.647. The number of piperazine rings is 1. The summed E-state index contributed by atoms with van der Waals surface area (Å²) in [6, 6.07) is 5.88. The molecule has 250 valence electrons. The van der Waals surface area contributed by atoms with Gasteiger partial charge in [0.2, 0.25) is 5.95 Å². The van der Waals surface area contributed by atoms with Crippen LogP contribution in [-0.2, 0) is 4.79 Å². The maximum Gasteiger partial charge on any atom is 0.251 e. The minimum absolute atomic E-state index is 0.0145. The van der Waals surface area contributed by atoms with Gasteiger partial charge in [-0.15, -0.1) is 0 Å². The molecule has 1 aromatic heterocycles. The lowest BCUT2D eigenvalue weighted by molar-refractivity contribution is -0.120. The van der Waals surface area contributed by atoms with Crippen LogP contribution in [0.5, 0.6) is 5.75 Å². The molecule has 3 fully saturated rings. The van der Waals surface area contributed by atoms with Crippen LogP contribution in [-0.4, -0.2) is 115 Å². The maximum atomic E-state index is 13.3. The Morgan fingerprint density at radius 1 is 1.07 bits per heavy atom. The number of anilines is 4. The SMILES string of the molecule is CCC1C(=O)N(C)c2cnc(Nc3ccc(C(=O)NC4CCC(N5CCN(CC6CC6)CC5)CC4)cc3OC)nc2N1N(C)CC. The van der Waals surface area contributed by atoms with Crippen molar-refractivity contribution in [2.75, 3.05) is 75.7 Å². The van der Waals surface area contributed by atoms with Crippen molar-refractivity contribution in [3.05, 3.63) is 30.0 Å². The van der Waals surface area contributed by atoms with Crippen LogP contribution >= 0.6 is 0 Å². The Kier molecular flexibility index (Phi) is 9.95. The Balaban J connectivity index is 1.06. The van der Waals surface area contributed by atoms with E-state index < -0.39 is 0 Å². The average Bonchev–Trinajstić information content (AvgIpc) is 3.90. The van der Waals surface area contributed by atoms with Crippen LogP contribution in [0.3, 0.4) is 0 Å². The zero-order valence-electron chi connectivity index (χ0n) is 28.2. The summed E-state index contributed by atoms with van der Waals surface area (Å²) in [6.45, 7) is 10.8. The van der Waals surface area contributed by atoms with Gasteiger partial charge in [0.1, 0.15) is 17.5 Å². The molecule has 1 atom stereocenters. The lowest BCUT2D eigenvalue weighted by Crippen LogP contribution is -2.58. The van der Waals surface area contributed by atoms with Crippen molar-refractivity contribution in [1.82, 2.24) is 30.1 Å². The van der Waals surface area contributed by atoms with Crippen LogP contribution in [0.2, 0.25) is 0 Å². The largest absolute Gasteiger partial charge is 0.495 e. The zero-order chi connectivity index (χ0) is 32.4. The van der Waals surface area contributed by atoms with E-state index in [1.165, 1.54) is 45.6 Å². The van der Waals surface area contributed by atoms with Gasteiger partial charge in [-0.05, 0) is 69.1 Å². The second-order valence-corrected chi connectivity index (χ2v) is 13.3. The molecule has 46 heavy (non-hydrogen) atoms. The van der Waals surface area contributed by atoms with Gasteiger partial charge in [0.25, 0.3) is 11.8 Å². The highest BCUT2D eigenvalue weighted by molar-refractivity contribution is 6.04. The molecule has 2 amide bonds. The summed E-state index contributed by atoms with van der Waals surface area (Å²) in [5.41, 5.74) is 1.86. The Hall–Kier alpha value is -3.48. The molecule has 2 aromatic rings. The van der Waals surface area contributed by atoms with E-state index in [0.717, 1.165) is 38.1 Å². The number of methoxy groups -OCH3 is 1. The van der Waals surface area contributed by atoms with Crippen molar-refractivity contribution in [2.45, 2.75) is 76.9 Å². The Morgan fingerprint density at radius 3 is 2.46 bits per heavy atom. The lowest BCUT2D eigenvalue weighted by atomic mass is 9.89. The van der Waals surface area contributed by atoms with Crippen LogP contribution in [0.15, 0.2) is 24.4 Å². The van der Waals surface area contributed by atoms with Gasteiger partial charge in [0, 0.05) is 71.0 Å². The van der Waals surface area contributed by atoms with Gasteiger partial charge in [0.15, 0.2) is 5.82 Å². The standard InChI is InChI=1S/C34H51N9O3/c1-6-28-33(45)40(4)29-21-35-34(38-31(29)43(28)39(3)7-2)37-27-15-10-24(20-30(27)46-5)32(44)36-25-11-13-26(14-12-25)42-18-16-41(17-19-42)22-23-8-9-23/h10,15,20-21,23,25-26,28H,6-9,11-14,16-19,22H2,1-5H3,(H,36,44)(H,35,37,38). The van der Waals surface area contributed by atoms with E-state index in [1.807, 2.05) is 43.0 Å². The third-order valence-corrected chi connectivity index (χ3v) is 10.3. The smallest absolute Gasteiger partial charge is 0.251 e. The molecule has 0 spiro atoms. The molecule has 0 bridgehead atoms. The fourth-order valence-electron chi connectivity index (χ4n) is 7.21. The van der Waals surface area contributed by atoms with E-state index in [1.54, 1.807) is 31.3 Å². The number of nitrogens with one attached hydrogen (secondary N) is 2. The molecule has 0 radical (unpaired) electrons. The molecular weight excluding hydrogens is 582 g/mol. The summed E-state index contributed by atoms with van der Waals surface area (Å²) in [5.74, 6) is 2.47. The Labute approximate surface area is 273 Å². The number of hydrogen-bond donors (Lipinski definition) is 2. The molecule has 4 aliphatic rings. The topological polar surface area (TPSA) is 109 Å². The lowest BCUT2D eigenvalue weighted by Gasteiger charge is -2.44. The maximum absolute atomic E-state index is 13.3. The molecule has 2 N–H and O–H groups in total. The van der Waals surface area contributed by atoms with E-state index >= 15 is 0 Å². The number of nitrogens with zero attached hydrogens (tertiary/aromatic N) is 7. The average molecular weight is 634 g/mol. The first kappa shape index (κ1) is 32.5. The summed E-state index contributed by atoms with van der Waals surface area (Å²) in [7, 11) is 5.31. The van der Waals surface area contributed by atoms with Crippen LogP contribution < -0.4 is 25.3 Å². The molecule has 1 aromatic carbocycles. The van der Waals surface area contributed by atoms with Crippen molar-refractivity contribution in [3.8, 4) is 5.75 Å². The molecule has 12 nitrogen and oxygen atoms in total. The van der Waals surface area contributed by atoms with Crippen LogP contribution in [0.1, 0.15) is 69.2 Å². The second kappa shape index (κ2) is 14.1. The predicted octanol–water partition coefficient (Wildman–Crippen LogP) is 3.73. The van der Waals surface area contributed by atoms with Crippen LogP contribution in [0.25, 0.3) is 0 Å². The number of likely N-dealkylation sites (N-methyl/N-ethyl adjacent to an activating group) is 1. The van der Waals surface area contributed by atoms with Gasteiger partial charge in [-0.2, -0.15) is 4.98 Å². The van der Waals surface area contributed by atoms with Gasteiger partial charge in [0.05, 0.1) is 19.0 Å². The molecule has 2 saturated carbocycles. The summed E-state index contributed by atoms with van der Waals surface area (Å²) >= 11 is 0. The van der Waals surface area contributed by atoms with E-state index in [2.05, 4.69) is 25.4 Å². The molecule has 3 heterocycles. The molecule has 2 aliphatic carbocycles. The highest BCUT2D eigenvalue weighted by Gasteiger charge is 2.39. The van der Waals surface area contributed by atoms with Crippen LogP contribution in [0.4, 0.5) is 23.1 Å². The normalized spacial score (nSPS) is 24.2. The van der Waals surface area contributed by atoms with Crippen molar-refractivity contribution in [1.29, 1.82) is 0 Å². The van der Waals surface area contributed by atoms with Crippen molar-refractivity contribution in [2.24, 2.45) is 5.92 Å². The fourth-order valence-corrected chi connectivity index (χ4v) is 7.21. The molecule has 6 rings (SSSR count). The number of fused-ring (bicyclic) bond motifs is 1. The quantitative estimate of drug-likeness (QED) is 0.380. The van der Waals surface area contributed by atoms with Crippen molar-refractivity contribution in [3.63, 3.8) is 0 Å². The van der Waals surface area contributed by atoms with Crippen molar-refractivity contribution < 1.29 is 14.3 Å². The Morgan fingerprint density at radius 2 is 1.80 bits per heavy atom. The number of aromatic nitrogens is 2. The number of benzene rings is 1. The van der Waals surface area contributed by atoms with Gasteiger partial charge >= 0.3 is 0 Å². The van der Waals surface area contributed by atoms with Crippen LogP contribution in [0, 0.1) is 5.92 Å². The van der Waals surface area contributed by atoms with Gasteiger partial charge < -0.3 is 25.2 Å². The number of hydrogen-bond acceptors (Lipinski definition) is 10. The number of rotatable bonds is 11. The summed E-state index contributed by atoms with van der Waals surface area (Å²) in [6.07, 6.45) is 9.45. The zero-order valence-corrected chi connectivity index (χ0v) is 28.2. The van der Waals surface area contributed by atoms with Crippen molar-refractivity contribution >= 4 is 35.0 Å². The first-order chi connectivity index (χ1) is 22.3. The van der Waals surface area contributed by atoms with E-state index in [-0.39, 0.29) is 23.9 Å². The van der Waals surface area contributed by atoms with E-state index in [9.17, 15) is 9.59 Å². The summed E-state index contributed by atoms with van der Waals surface area (Å²) < 4.78 is 5.69. The van der Waals surface area contributed by atoms with E-state index in [0.29, 0.717) is 46.9 Å². The molecular formula is C34H51N9O3. The Bertz CT molecular complexity index is 1390. The minimum atomic E-state index is -0.347. The highest BCUT2D eigenvalue weighted by atomic mass is 16.5. The summed E-state index contributed by atoms with van der Waals surface area (Å²) in [4.78, 5) is 42.7. The first-order valence-corrected chi connectivity index (χ1v) is 17.2. The molecule has 1 saturated heterocycles. The highest BCUT2D eigenvalue weighted by Crippen LogP contribution is 2.37. The number of carbonyl (C=O) groups is 2. The van der Waals surface area contributed by atoms with Gasteiger partial charge in [-0.1, -0.05) is 13.8 Å². The predicted molar refractivity (Wildman–Crippen MR) is 181 cm³/mol. The van der Waals surface area contributed by atoms with Gasteiger partial charge in [-0.25, -0.2) is 9.99 Å². The number of carbonyl (C=O) groups excluding carboxylic acids is 2. The molecule has 12 heteroatoms. The second-order valence-electron chi connectivity index (χ2n) is 13.3. The first-order valence-electron chi connectivity index (χ1n) is 17.2. The third-order valence-electron chi connectivity index (χ3n) is 10.3.